The van der Waals surface area contributed by atoms with Crippen molar-refractivity contribution in [2.75, 3.05) is 0 Å². The van der Waals surface area contributed by atoms with Crippen LogP contribution in [-0.4, -0.2) is 19.9 Å². The van der Waals surface area contributed by atoms with Gasteiger partial charge in [-0.05, 0) is 41.8 Å². The maximum absolute atomic E-state index is 13.6. The fourth-order valence-electron chi connectivity index (χ4n) is 3.59. The Labute approximate surface area is 168 Å². The van der Waals surface area contributed by atoms with Gasteiger partial charge in [-0.3, -0.25) is 4.98 Å². The molecule has 0 saturated carbocycles. The molecule has 3 aromatic heterocycles. The summed E-state index contributed by atoms with van der Waals surface area (Å²) in [5, 5.41) is 0. The molecule has 5 nitrogen and oxygen atoms in total. The van der Waals surface area contributed by atoms with Crippen molar-refractivity contribution in [2.24, 2.45) is 5.73 Å². The maximum Gasteiger partial charge on any atom is 0.126 e. The average Bonchev–Trinajstić information content (AvgIpc) is 3.34. The van der Waals surface area contributed by atoms with E-state index in [1.807, 2.05) is 18.2 Å². The van der Waals surface area contributed by atoms with E-state index < -0.39 is 17.7 Å². The zero-order chi connectivity index (χ0) is 20.0. The molecule has 0 saturated heterocycles. The van der Waals surface area contributed by atoms with Crippen LogP contribution in [0.3, 0.4) is 0 Å². The number of nitrogens with two attached hydrogens (primary N) is 1. The van der Waals surface area contributed by atoms with Crippen LogP contribution in [-0.2, 0) is 6.42 Å². The van der Waals surface area contributed by atoms with E-state index >= 15 is 0 Å². The molecule has 1 unspecified atom stereocenters. The number of rotatable bonds is 4. The summed E-state index contributed by atoms with van der Waals surface area (Å²) in [6.45, 7) is 0. The summed E-state index contributed by atoms with van der Waals surface area (Å²) in [4.78, 5) is 16.4. The van der Waals surface area contributed by atoms with Crippen molar-refractivity contribution in [3.05, 3.63) is 77.3 Å². The van der Waals surface area contributed by atoms with E-state index in [-0.39, 0.29) is 6.42 Å². The van der Waals surface area contributed by atoms with E-state index in [9.17, 15) is 8.78 Å². The number of pyridine rings is 1. The van der Waals surface area contributed by atoms with Crippen molar-refractivity contribution >= 4 is 32.6 Å². The molecule has 0 radical (unpaired) electrons. The Morgan fingerprint density at radius 2 is 1.83 bits per heavy atom. The lowest BCUT2D eigenvalue weighted by Crippen LogP contribution is -2.16. The Bertz CT molecular complexity index is 1320. The van der Waals surface area contributed by atoms with Gasteiger partial charge in [-0.15, -0.1) is 11.3 Å². The first-order valence-corrected chi connectivity index (χ1v) is 9.82. The van der Waals surface area contributed by atoms with Gasteiger partial charge in [0.2, 0.25) is 0 Å². The molecular weight excluding hydrogens is 392 g/mol. The number of thiazole rings is 1. The number of halogens is 2. The van der Waals surface area contributed by atoms with Gasteiger partial charge in [0.1, 0.15) is 17.2 Å². The Morgan fingerprint density at radius 3 is 2.66 bits per heavy atom. The van der Waals surface area contributed by atoms with Crippen LogP contribution in [0.1, 0.15) is 17.3 Å². The third-order valence-corrected chi connectivity index (χ3v) is 5.66. The molecule has 0 amide bonds. The SMILES string of the molecule is NC(Cc1cc(F)cc(F)c1)c1ncc2nc[nH]c2c1-c1ccc2scnc2c1. The van der Waals surface area contributed by atoms with Crippen LogP contribution in [0.5, 0.6) is 0 Å². The highest BCUT2D eigenvalue weighted by Gasteiger charge is 2.20. The lowest BCUT2D eigenvalue weighted by Gasteiger charge is -2.17. The molecule has 0 fully saturated rings. The largest absolute Gasteiger partial charge is 0.344 e. The summed E-state index contributed by atoms with van der Waals surface area (Å²) in [7, 11) is 0. The van der Waals surface area contributed by atoms with Gasteiger partial charge in [0.15, 0.2) is 0 Å². The van der Waals surface area contributed by atoms with Gasteiger partial charge in [0.05, 0.1) is 45.5 Å². The monoisotopic (exact) mass is 407 g/mol. The van der Waals surface area contributed by atoms with Gasteiger partial charge in [-0.2, -0.15) is 0 Å². The highest BCUT2D eigenvalue weighted by atomic mass is 32.1. The molecular formula is C21H15F2N5S. The molecule has 0 aliphatic heterocycles. The van der Waals surface area contributed by atoms with Crippen LogP contribution in [0.25, 0.3) is 32.4 Å². The Kier molecular flexibility index (Phi) is 4.30. The number of aromatic nitrogens is 4. The molecule has 8 heteroatoms. The summed E-state index contributed by atoms with van der Waals surface area (Å²) in [6.07, 6.45) is 3.50. The van der Waals surface area contributed by atoms with Crippen molar-refractivity contribution in [1.82, 2.24) is 19.9 Å². The van der Waals surface area contributed by atoms with Crippen molar-refractivity contribution in [2.45, 2.75) is 12.5 Å². The molecule has 0 spiro atoms. The number of hydrogen-bond acceptors (Lipinski definition) is 5. The van der Waals surface area contributed by atoms with E-state index in [1.54, 1.807) is 29.4 Å². The predicted octanol–water partition coefficient (Wildman–Crippen LogP) is 4.76. The minimum absolute atomic E-state index is 0.243. The van der Waals surface area contributed by atoms with Crippen LogP contribution >= 0.6 is 11.3 Å². The number of aromatic amines is 1. The molecule has 144 valence electrons. The molecule has 5 aromatic rings. The quantitative estimate of drug-likeness (QED) is 0.450. The van der Waals surface area contributed by atoms with Crippen LogP contribution in [0, 0.1) is 11.6 Å². The fraction of sp³-hybridized carbons (Fsp3) is 0.0952. The van der Waals surface area contributed by atoms with Gasteiger partial charge < -0.3 is 10.7 Å². The van der Waals surface area contributed by atoms with Crippen LogP contribution in [0.15, 0.2) is 54.4 Å². The van der Waals surface area contributed by atoms with Gasteiger partial charge in [-0.1, -0.05) is 6.07 Å². The van der Waals surface area contributed by atoms with Crippen molar-refractivity contribution < 1.29 is 8.78 Å². The van der Waals surface area contributed by atoms with Crippen molar-refractivity contribution in [3.63, 3.8) is 0 Å². The topological polar surface area (TPSA) is 80.5 Å². The lowest BCUT2D eigenvalue weighted by atomic mass is 9.95. The minimum atomic E-state index is -0.626. The van der Waals surface area contributed by atoms with E-state index in [2.05, 4.69) is 19.9 Å². The van der Waals surface area contributed by atoms with Gasteiger partial charge in [0, 0.05) is 11.6 Å². The van der Waals surface area contributed by atoms with Crippen LogP contribution in [0.4, 0.5) is 8.78 Å². The minimum Gasteiger partial charge on any atom is -0.344 e. The highest BCUT2D eigenvalue weighted by molar-refractivity contribution is 7.16. The number of hydrogen-bond donors (Lipinski definition) is 2. The van der Waals surface area contributed by atoms with Gasteiger partial charge >= 0.3 is 0 Å². The van der Waals surface area contributed by atoms with E-state index in [0.29, 0.717) is 16.8 Å². The van der Waals surface area contributed by atoms with Gasteiger partial charge in [-0.25, -0.2) is 18.7 Å². The van der Waals surface area contributed by atoms with Crippen LogP contribution in [0.2, 0.25) is 0 Å². The predicted molar refractivity (Wildman–Crippen MR) is 109 cm³/mol. The third-order valence-electron chi connectivity index (χ3n) is 4.85. The molecule has 29 heavy (non-hydrogen) atoms. The number of benzene rings is 2. The second-order valence-electron chi connectivity index (χ2n) is 6.80. The number of fused-ring (bicyclic) bond motifs is 2. The molecule has 0 aliphatic rings. The molecule has 0 aliphatic carbocycles. The Balaban J connectivity index is 1.64. The Hall–Kier alpha value is -3.23. The fourth-order valence-corrected chi connectivity index (χ4v) is 4.25. The van der Waals surface area contributed by atoms with E-state index in [0.717, 1.165) is 32.9 Å². The molecule has 3 N–H and O–H groups in total. The molecule has 3 heterocycles. The summed E-state index contributed by atoms with van der Waals surface area (Å²) in [6, 6.07) is 8.85. The number of imidazole rings is 1. The third kappa shape index (κ3) is 3.26. The van der Waals surface area contributed by atoms with Crippen LogP contribution < -0.4 is 5.73 Å². The summed E-state index contributed by atoms with van der Waals surface area (Å²) in [5.41, 5.74) is 13.5. The van der Waals surface area contributed by atoms with E-state index in [4.69, 9.17) is 5.73 Å². The standard InChI is InChI=1S/C21H15F2N5S/c22-13-3-11(4-14(23)7-13)5-15(24)20-19(21-17(8-25-20)26-9-27-21)12-1-2-18-16(6-12)28-10-29-18/h1-4,6-10,15H,5,24H2,(H,26,27). The molecule has 5 rings (SSSR count). The molecule has 0 bridgehead atoms. The van der Waals surface area contributed by atoms with Crippen molar-refractivity contribution in [1.29, 1.82) is 0 Å². The summed E-state index contributed by atoms with van der Waals surface area (Å²) < 4.78 is 28.3. The second kappa shape index (κ2) is 6.98. The smallest absolute Gasteiger partial charge is 0.126 e. The summed E-state index contributed by atoms with van der Waals surface area (Å²) in [5.74, 6) is -1.25. The number of nitrogens with one attached hydrogen (secondary N) is 1. The average molecular weight is 407 g/mol. The molecule has 1 atom stereocenters. The first-order valence-electron chi connectivity index (χ1n) is 8.94. The Morgan fingerprint density at radius 1 is 1.00 bits per heavy atom. The van der Waals surface area contributed by atoms with E-state index in [1.165, 1.54) is 12.1 Å². The normalized spacial score (nSPS) is 12.7. The lowest BCUT2D eigenvalue weighted by molar-refractivity contribution is 0.576. The zero-order valence-electron chi connectivity index (χ0n) is 15.1. The first kappa shape index (κ1) is 17.8. The second-order valence-corrected chi connectivity index (χ2v) is 7.69. The molecule has 2 aromatic carbocycles. The first-order chi connectivity index (χ1) is 14.1. The van der Waals surface area contributed by atoms with Crippen molar-refractivity contribution in [3.8, 4) is 11.1 Å². The number of nitrogens with zero attached hydrogens (tertiary/aromatic N) is 3. The summed E-state index contributed by atoms with van der Waals surface area (Å²) >= 11 is 1.57. The highest BCUT2D eigenvalue weighted by Crippen LogP contribution is 2.35. The van der Waals surface area contributed by atoms with Gasteiger partial charge in [0.25, 0.3) is 0 Å². The maximum atomic E-state index is 13.6. The zero-order valence-corrected chi connectivity index (χ0v) is 15.9. The number of H-pyrrole nitrogens is 1.